The Morgan fingerprint density at radius 1 is 1.22 bits per heavy atom. The third-order valence-electron chi connectivity index (χ3n) is 3.59. The second-order valence-electron chi connectivity index (χ2n) is 6.33. The highest BCUT2D eigenvalue weighted by molar-refractivity contribution is 5.96. The highest BCUT2D eigenvalue weighted by Crippen LogP contribution is 2.13. The van der Waals surface area contributed by atoms with Gasteiger partial charge in [0.05, 0.1) is 0 Å². The van der Waals surface area contributed by atoms with Crippen molar-refractivity contribution in [1.82, 2.24) is 5.32 Å². The molecule has 23 heavy (non-hydrogen) atoms. The molecule has 1 aromatic rings. The van der Waals surface area contributed by atoms with Crippen molar-refractivity contribution in [2.75, 3.05) is 5.32 Å². The van der Waals surface area contributed by atoms with Gasteiger partial charge in [-0.3, -0.25) is 9.59 Å². The maximum absolute atomic E-state index is 12.1. The summed E-state index contributed by atoms with van der Waals surface area (Å²) in [5, 5.41) is 5.77. The first kappa shape index (κ1) is 21.4. The Kier molecular flexibility index (Phi) is 8.87. The fraction of sp³-hybridized carbons (Fsp3) is 0.529. The van der Waals surface area contributed by atoms with E-state index in [2.05, 4.69) is 10.6 Å². The monoisotopic (exact) mass is 341 g/mol. The minimum Gasteiger partial charge on any atom is -0.347 e. The molecule has 0 heterocycles. The zero-order chi connectivity index (χ0) is 16.8. The first-order valence-electron chi connectivity index (χ1n) is 7.71. The molecule has 0 bridgehead atoms. The lowest BCUT2D eigenvalue weighted by Gasteiger charge is -2.24. The third kappa shape index (κ3) is 8.00. The van der Waals surface area contributed by atoms with E-state index in [1.165, 1.54) is 0 Å². The Hall–Kier alpha value is -1.59. The second-order valence-corrected chi connectivity index (χ2v) is 6.33. The predicted molar refractivity (Wildman–Crippen MR) is 97.0 cm³/mol. The summed E-state index contributed by atoms with van der Waals surface area (Å²) in [4.78, 5) is 23.8. The maximum Gasteiger partial charge on any atom is 0.251 e. The minimum absolute atomic E-state index is 0. The van der Waals surface area contributed by atoms with Crippen LogP contribution in [0.4, 0.5) is 5.69 Å². The molecule has 0 spiro atoms. The van der Waals surface area contributed by atoms with Gasteiger partial charge >= 0.3 is 0 Å². The Labute approximate surface area is 144 Å². The molecule has 0 aliphatic rings. The van der Waals surface area contributed by atoms with E-state index < -0.39 is 0 Å². The van der Waals surface area contributed by atoms with E-state index in [1.54, 1.807) is 24.3 Å². The van der Waals surface area contributed by atoms with Crippen LogP contribution in [0.2, 0.25) is 0 Å². The minimum atomic E-state index is -0.233. The Balaban J connectivity index is 0.00000484. The molecule has 2 amide bonds. The van der Waals surface area contributed by atoms with Gasteiger partial charge in [-0.1, -0.05) is 6.92 Å². The third-order valence-corrected chi connectivity index (χ3v) is 3.59. The van der Waals surface area contributed by atoms with Crippen molar-refractivity contribution in [2.24, 2.45) is 5.73 Å². The fourth-order valence-corrected chi connectivity index (χ4v) is 1.76. The van der Waals surface area contributed by atoms with Crippen LogP contribution in [0.25, 0.3) is 0 Å². The summed E-state index contributed by atoms with van der Waals surface area (Å²) >= 11 is 0. The van der Waals surface area contributed by atoms with E-state index in [-0.39, 0.29) is 35.8 Å². The van der Waals surface area contributed by atoms with Gasteiger partial charge in [0.25, 0.3) is 5.91 Å². The van der Waals surface area contributed by atoms with Crippen molar-refractivity contribution in [3.63, 3.8) is 0 Å². The largest absolute Gasteiger partial charge is 0.347 e. The van der Waals surface area contributed by atoms with Crippen molar-refractivity contribution in [1.29, 1.82) is 0 Å². The molecule has 0 aliphatic carbocycles. The van der Waals surface area contributed by atoms with E-state index in [0.29, 0.717) is 24.1 Å². The zero-order valence-corrected chi connectivity index (χ0v) is 15.1. The topological polar surface area (TPSA) is 84.2 Å². The number of anilines is 1. The molecular formula is C17H28ClN3O2. The average molecular weight is 342 g/mol. The number of rotatable bonds is 7. The lowest BCUT2D eigenvalue weighted by molar-refractivity contribution is -0.116. The van der Waals surface area contributed by atoms with E-state index in [4.69, 9.17) is 5.73 Å². The SMILES string of the molecule is CCC(C)(C)NC(=O)c1ccc(NC(=O)CCC(C)N)cc1.Cl. The number of hydrogen-bond acceptors (Lipinski definition) is 3. The molecule has 1 atom stereocenters. The summed E-state index contributed by atoms with van der Waals surface area (Å²) in [6.45, 7) is 7.87. The van der Waals surface area contributed by atoms with Crippen molar-refractivity contribution in [2.45, 2.75) is 58.5 Å². The number of nitrogens with two attached hydrogens (primary N) is 1. The number of hydrogen-bond donors (Lipinski definition) is 3. The lowest BCUT2D eigenvalue weighted by atomic mass is 10.0. The second kappa shape index (κ2) is 9.53. The summed E-state index contributed by atoms with van der Waals surface area (Å²) in [6, 6.07) is 6.90. The Bertz CT molecular complexity index is 513. The smallest absolute Gasteiger partial charge is 0.251 e. The summed E-state index contributed by atoms with van der Waals surface area (Å²) in [5.41, 5.74) is 6.65. The number of amides is 2. The zero-order valence-electron chi connectivity index (χ0n) is 14.3. The number of benzene rings is 1. The molecular weight excluding hydrogens is 314 g/mol. The summed E-state index contributed by atoms with van der Waals surface area (Å²) < 4.78 is 0. The van der Waals surface area contributed by atoms with Gasteiger partial charge in [0.2, 0.25) is 5.91 Å². The van der Waals surface area contributed by atoms with E-state index in [0.717, 1.165) is 6.42 Å². The summed E-state index contributed by atoms with van der Waals surface area (Å²) in [5.74, 6) is -0.177. The van der Waals surface area contributed by atoms with Crippen molar-refractivity contribution in [3.8, 4) is 0 Å². The molecule has 0 fully saturated rings. The van der Waals surface area contributed by atoms with E-state index in [9.17, 15) is 9.59 Å². The van der Waals surface area contributed by atoms with Crippen LogP contribution in [-0.2, 0) is 4.79 Å². The van der Waals surface area contributed by atoms with Crippen LogP contribution in [0.15, 0.2) is 24.3 Å². The van der Waals surface area contributed by atoms with Crippen LogP contribution in [0, 0.1) is 0 Å². The van der Waals surface area contributed by atoms with Crippen LogP contribution in [0.3, 0.4) is 0 Å². The van der Waals surface area contributed by atoms with Gasteiger partial charge in [-0.25, -0.2) is 0 Å². The molecule has 0 saturated carbocycles. The fourth-order valence-electron chi connectivity index (χ4n) is 1.76. The van der Waals surface area contributed by atoms with Gasteiger partial charge in [0.1, 0.15) is 0 Å². The quantitative estimate of drug-likeness (QED) is 0.712. The molecule has 0 aromatic heterocycles. The number of carbonyl (C=O) groups excluding carboxylic acids is 2. The molecule has 130 valence electrons. The molecule has 0 saturated heterocycles. The van der Waals surface area contributed by atoms with Crippen molar-refractivity contribution in [3.05, 3.63) is 29.8 Å². The highest BCUT2D eigenvalue weighted by atomic mass is 35.5. The lowest BCUT2D eigenvalue weighted by Crippen LogP contribution is -2.42. The van der Waals surface area contributed by atoms with Crippen LogP contribution < -0.4 is 16.4 Å². The molecule has 6 heteroatoms. The standard InChI is InChI=1S/C17H27N3O2.ClH/c1-5-17(3,4)20-16(22)13-7-9-14(10-8-13)19-15(21)11-6-12(2)18;/h7-10,12H,5-6,11,18H2,1-4H3,(H,19,21)(H,20,22);1H. The van der Waals surface area contributed by atoms with Crippen molar-refractivity contribution < 1.29 is 9.59 Å². The van der Waals surface area contributed by atoms with Crippen LogP contribution >= 0.6 is 12.4 Å². The molecule has 1 rings (SSSR count). The Morgan fingerprint density at radius 3 is 2.26 bits per heavy atom. The molecule has 0 radical (unpaired) electrons. The maximum atomic E-state index is 12.1. The van der Waals surface area contributed by atoms with Gasteiger partial charge in [0.15, 0.2) is 0 Å². The summed E-state index contributed by atoms with van der Waals surface area (Å²) in [6.07, 6.45) is 1.90. The van der Waals surface area contributed by atoms with Crippen molar-refractivity contribution >= 4 is 29.9 Å². The van der Waals surface area contributed by atoms with Crippen LogP contribution in [0.5, 0.6) is 0 Å². The molecule has 1 unspecified atom stereocenters. The Morgan fingerprint density at radius 2 is 1.78 bits per heavy atom. The van der Waals surface area contributed by atoms with Gasteiger partial charge in [-0.05, 0) is 57.9 Å². The molecule has 1 aromatic carbocycles. The first-order chi connectivity index (χ1) is 10.2. The highest BCUT2D eigenvalue weighted by Gasteiger charge is 2.18. The van der Waals surface area contributed by atoms with Gasteiger partial charge in [-0.15, -0.1) is 12.4 Å². The average Bonchev–Trinajstić information content (AvgIpc) is 2.45. The van der Waals surface area contributed by atoms with Crippen LogP contribution in [0.1, 0.15) is 57.3 Å². The number of nitrogens with one attached hydrogen (secondary N) is 2. The number of carbonyl (C=O) groups is 2. The van der Waals surface area contributed by atoms with Crippen LogP contribution in [-0.4, -0.2) is 23.4 Å². The molecule has 5 nitrogen and oxygen atoms in total. The van der Waals surface area contributed by atoms with Gasteiger partial charge < -0.3 is 16.4 Å². The predicted octanol–water partition coefficient (Wildman–Crippen LogP) is 3.09. The van der Waals surface area contributed by atoms with E-state index in [1.807, 2.05) is 27.7 Å². The summed E-state index contributed by atoms with van der Waals surface area (Å²) in [7, 11) is 0. The first-order valence-corrected chi connectivity index (χ1v) is 7.71. The molecule has 0 aliphatic heterocycles. The number of halogens is 1. The van der Waals surface area contributed by atoms with Gasteiger partial charge in [-0.2, -0.15) is 0 Å². The molecule has 4 N–H and O–H groups in total. The van der Waals surface area contributed by atoms with E-state index >= 15 is 0 Å². The normalized spacial score (nSPS) is 12.0. The van der Waals surface area contributed by atoms with Gasteiger partial charge in [0, 0.05) is 29.3 Å².